The summed E-state index contributed by atoms with van der Waals surface area (Å²) in [7, 11) is 0. The number of hydrogen-bond donors (Lipinski definition) is 2. The minimum Gasteiger partial charge on any atom is -0.396 e. The number of benzene rings is 1. The minimum absolute atomic E-state index is 0.0432. The molecule has 1 amide bonds. The van der Waals surface area contributed by atoms with Gasteiger partial charge in [0.15, 0.2) is 0 Å². The highest BCUT2D eigenvalue weighted by molar-refractivity contribution is 5.91. The first-order chi connectivity index (χ1) is 7.49. The van der Waals surface area contributed by atoms with E-state index in [0.29, 0.717) is 18.0 Å². The molecule has 0 saturated heterocycles. The molecule has 0 aliphatic rings. The largest absolute Gasteiger partial charge is 0.396 e. The highest BCUT2D eigenvalue weighted by Gasteiger charge is 2.05. The Morgan fingerprint density at radius 1 is 1.50 bits per heavy atom. The van der Waals surface area contributed by atoms with Gasteiger partial charge in [0.1, 0.15) is 5.82 Å². The second-order valence-electron chi connectivity index (χ2n) is 4.22. The minimum atomic E-state index is -0.472. The van der Waals surface area contributed by atoms with E-state index >= 15 is 0 Å². The number of hydrogen-bond acceptors (Lipinski definition) is 2. The first-order valence-electron chi connectivity index (χ1n) is 5.34. The molecule has 16 heavy (non-hydrogen) atoms. The Morgan fingerprint density at radius 2 is 2.19 bits per heavy atom. The van der Waals surface area contributed by atoms with Crippen molar-refractivity contribution in [3.05, 3.63) is 24.0 Å². The second kappa shape index (κ2) is 5.49. The Morgan fingerprint density at radius 3 is 2.75 bits per heavy atom. The normalized spacial score (nSPS) is 10.5. The van der Waals surface area contributed by atoms with E-state index < -0.39 is 5.82 Å². The van der Waals surface area contributed by atoms with E-state index in [1.54, 1.807) is 0 Å². The summed E-state index contributed by atoms with van der Waals surface area (Å²) in [6.45, 7) is 4.12. The molecule has 0 aliphatic heterocycles. The Kier molecular flexibility index (Phi) is 4.28. The lowest BCUT2D eigenvalue weighted by Gasteiger charge is -2.07. The standard InChI is InChI=1S/C12H17FN2O/c1-8(2)3-6-12(16)15-9-4-5-10(13)11(14)7-9/h4-5,7-8H,3,6,14H2,1-2H3,(H,15,16). The number of nitrogens with one attached hydrogen (secondary N) is 1. The molecule has 0 aliphatic carbocycles. The maximum Gasteiger partial charge on any atom is 0.224 e. The van der Waals surface area contributed by atoms with Gasteiger partial charge in [0.2, 0.25) is 5.91 Å². The number of halogens is 1. The molecule has 0 unspecified atom stereocenters. The first-order valence-corrected chi connectivity index (χ1v) is 5.34. The van der Waals surface area contributed by atoms with E-state index in [1.165, 1.54) is 18.2 Å². The number of anilines is 2. The van der Waals surface area contributed by atoms with Crippen LogP contribution >= 0.6 is 0 Å². The van der Waals surface area contributed by atoms with Crippen molar-refractivity contribution in [1.29, 1.82) is 0 Å². The molecule has 1 aromatic rings. The number of rotatable bonds is 4. The molecule has 1 rings (SSSR count). The van der Waals surface area contributed by atoms with Crippen LogP contribution in [0.1, 0.15) is 26.7 Å². The van der Waals surface area contributed by atoms with Crippen LogP contribution in [0.3, 0.4) is 0 Å². The number of amides is 1. The molecule has 4 heteroatoms. The lowest BCUT2D eigenvalue weighted by Crippen LogP contribution is -2.12. The molecule has 3 nitrogen and oxygen atoms in total. The Balaban J connectivity index is 2.53. The third-order valence-electron chi connectivity index (χ3n) is 2.23. The first kappa shape index (κ1) is 12.5. The van der Waals surface area contributed by atoms with Crippen molar-refractivity contribution in [2.75, 3.05) is 11.1 Å². The summed E-state index contributed by atoms with van der Waals surface area (Å²) in [6, 6.07) is 4.16. The van der Waals surface area contributed by atoms with Crippen LogP contribution in [-0.2, 0) is 4.79 Å². The van der Waals surface area contributed by atoms with E-state index in [0.717, 1.165) is 6.42 Å². The summed E-state index contributed by atoms with van der Waals surface area (Å²) >= 11 is 0. The van der Waals surface area contributed by atoms with Gasteiger partial charge in [-0.15, -0.1) is 0 Å². The van der Waals surface area contributed by atoms with Crippen LogP contribution in [0.2, 0.25) is 0 Å². The van der Waals surface area contributed by atoms with Gasteiger partial charge in [0.25, 0.3) is 0 Å². The highest BCUT2D eigenvalue weighted by Crippen LogP contribution is 2.16. The van der Waals surface area contributed by atoms with Crippen LogP contribution in [-0.4, -0.2) is 5.91 Å². The van der Waals surface area contributed by atoms with Crippen molar-refractivity contribution in [3.8, 4) is 0 Å². The van der Waals surface area contributed by atoms with E-state index in [4.69, 9.17) is 5.73 Å². The summed E-state index contributed by atoms with van der Waals surface area (Å²) in [6.07, 6.45) is 1.30. The molecular weight excluding hydrogens is 207 g/mol. The molecule has 1 aromatic carbocycles. The summed E-state index contributed by atoms with van der Waals surface area (Å²) < 4.78 is 12.9. The summed E-state index contributed by atoms with van der Waals surface area (Å²) in [5.41, 5.74) is 5.97. The molecule has 0 bridgehead atoms. The number of carbonyl (C=O) groups excluding carboxylic acids is 1. The van der Waals surface area contributed by atoms with Crippen molar-refractivity contribution in [2.45, 2.75) is 26.7 Å². The fourth-order valence-electron chi connectivity index (χ4n) is 1.26. The van der Waals surface area contributed by atoms with Crippen LogP contribution in [0.25, 0.3) is 0 Å². The van der Waals surface area contributed by atoms with Gasteiger partial charge in [-0.1, -0.05) is 13.8 Å². The predicted octanol–water partition coefficient (Wildman–Crippen LogP) is 2.78. The zero-order chi connectivity index (χ0) is 12.1. The highest BCUT2D eigenvalue weighted by atomic mass is 19.1. The van der Waals surface area contributed by atoms with Crippen LogP contribution in [0.4, 0.5) is 15.8 Å². The van der Waals surface area contributed by atoms with E-state index in [9.17, 15) is 9.18 Å². The Hall–Kier alpha value is -1.58. The third-order valence-corrected chi connectivity index (χ3v) is 2.23. The summed E-state index contributed by atoms with van der Waals surface area (Å²) in [5, 5.41) is 2.68. The zero-order valence-corrected chi connectivity index (χ0v) is 9.59. The van der Waals surface area contributed by atoms with Gasteiger partial charge in [-0.05, 0) is 30.5 Å². The van der Waals surface area contributed by atoms with Crippen molar-refractivity contribution in [2.24, 2.45) is 5.92 Å². The predicted molar refractivity (Wildman–Crippen MR) is 63.5 cm³/mol. The van der Waals surface area contributed by atoms with Gasteiger partial charge >= 0.3 is 0 Å². The van der Waals surface area contributed by atoms with E-state index in [-0.39, 0.29) is 11.6 Å². The van der Waals surface area contributed by atoms with Crippen molar-refractivity contribution in [1.82, 2.24) is 0 Å². The van der Waals surface area contributed by atoms with Gasteiger partial charge < -0.3 is 11.1 Å². The van der Waals surface area contributed by atoms with Crippen LogP contribution in [0.15, 0.2) is 18.2 Å². The van der Waals surface area contributed by atoms with Crippen LogP contribution < -0.4 is 11.1 Å². The summed E-state index contributed by atoms with van der Waals surface area (Å²) in [4.78, 5) is 11.5. The van der Waals surface area contributed by atoms with Crippen molar-refractivity contribution >= 4 is 17.3 Å². The molecule has 3 N–H and O–H groups in total. The average molecular weight is 224 g/mol. The fourth-order valence-corrected chi connectivity index (χ4v) is 1.26. The lowest BCUT2D eigenvalue weighted by atomic mass is 10.1. The third kappa shape index (κ3) is 3.88. The molecule has 88 valence electrons. The van der Waals surface area contributed by atoms with E-state index in [1.807, 2.05) is 0 Å². The SMILES string of the molecule is CC(C)CCC(=O)Nc1ccc(F)c(N)c1. The number of carbonyl (C=O) groups is 1. The molecule has 0 saturated carbocycles. The summed E-state index contributed by atoms with van der Waals surface area (Å²) in [5.74, 6) is -0.0519. The topological polar surface area (TPSA) is 55.1 Å². The quantitative estimate of drug-likeness (QED) is 0.773. The smallest absolute Gasteiger partial charge is 0.224 e. The van der Waals surface area contributed by atoms with Gasteiger partial charge in [-0.2, -0.15) is 0 Å². The molecule has 0 aromatic heterocycles. The second-order valence-corrected chi connectivity index (χ2v) is 4.22. The molecule has 0 spiro atoms. The average Bonchev–Trinajstić information content (AvgIpc) is 2.21. The maximum absolute atomic E-state index is 12.9. The Labute approximate surface area is 94.8 Å². The maximum atomic E-state index is 12.9. The molecule has 0 atom stereocenters. The number of nitrogen functional groups attached to an aromatic ring is 1. The lowest BCUT2D eigenvalue weighted by molar-refractivity contribution is -0.116. The van der Waals surface area contributed by atoms with Gasteiger partial charge in [-0.25, -0.2) is 4.39 Å². The fraction of sp³-hybridized carbons (Fsp3) is 0.417. The zero-order valence-electron chi connectivity index (χ0n) is 9.59. The van der Waals surface area contributed by atoms with Crippen LogP contribution in [0, 0.1) is 11.7 Å². The van der Waals surface area contributed by atoms with Crippen LogP contribution in [0.5, 0.6) is 0 Å². The van der Waals surface area contributed by atoms with E-state index in [2.05, 4.69) is 19.2 Å². The molecule has 0 heterocycles. The van der Waals surface area contributed by atoms with Gasteiger partial charge in [-0.3, -0.25) is 4.79 Å². The van der Waals surface area contributed by atoms with Gasteiger partial charge in [0, 0.05) is 12.1 Å². The molecule has 0 radical (unpaired) electrons. The number of nitrogens with two attached hydrogens (primary N) is 1. The Bertz CT molecular complexity index is 377. The molecular formula is C12H17FN2O. The monoisotopic (exact) mass is 224 g/mol. The van der Waals surface area contributed by atoms with Gasteiger partial charge in [0.05, 0.1) is 5.69 Å². The van der Waals surface area contributed by atoms with Crippen molar-refractivity contribution in [3.63, 3.8) is 0 Å². The van der Waals surface area contributed by atoms with Crippen molar-refractivity contribution < 1.29 is 9.18 Å². The molecule has 0 fully saturated rings.